The summed E-state index contributed by atoms with van der Waals surface area (Å²) in [6, 6.07) is 13.5. The lowest BCUT2D eigenvalue weighted by molar-refractivity contribution is -0.116. The molecule has 2 aromatic heterocycles. The molecule has 3 rings (SSSR count). The number of rotatable bonds is 7. The number of thiophene rings is 1. The average molecular weight is 423 g/mol. The van der Waals surface area contributed by atoms with Gasteiger partial charge in [-0.05, 0) is 48.2 Å². The number of benzene rings is 1. The van der Waals surface area contributed by atoms with Gasteiger partial charge in [-0.3, -0.25) is 9.59 Å². The lowest BCUT2D eigenvalue weighted by Gasteiger charge is -2.10. The van der Waals surface area contributed by atoms with Gasteiger partial charge in [-0.15, -0.1) is 11.3 Å². The zero-order chi connectivity index (χ0) is 21.3. The van der Waals surface area contributed by atoms with E-state index in [1.54, 1.807) is 48.7 Å². The first-order chi connectivity index (χ1) is 14.5. The van der Waals surface area contributed by atoms with Crippen molar-refractivity contribution in [2.24, 2.45) is 0 Å². The Kier molecular flexibility index (Phi) is 7.12. The van der Waals surface area contributed by atoms with Gasteiger partial charge in [0.15, 0.2) is 0 Å². The Hall–Kier alpha value is -3.72. The highest BCUT2D eigenvalue weighted by Crippen LogP contribution is 2.17. The summed E-state index contributed by atoms with van der Waals surface area (Å²) in [5.41, 5.74) is 2.09. The van der Waals surface area contributed by atoms with Crippen LogP contribution in [0.1, 0.15) is 21.7 Å². The second-order valence-electron chi connectivity index (χ2n) is 6.41. The van der Waals surface area contributed by atoms with Crippen molar-refractivity contribution in [3.05, 3.63) is 70.5 Å². The van der Waals surface area contributed by atoms with Crippen LogP contribution in [0.25, 0.3) is 0 Å². The zero-order valence-corrected chi connectivity index (χ0v) is 17.1. The number of nitrogens with zero attached hydrogens (tertiary/aromatic N) is 1. The molecule has 9 heteroatoms. The third kappa shape index (κ3) is 6.42. The Bertz CT molecular complexity index is 1020. The maximum atomic E-state index is 12.1. The van der Waals surface area contributed by atoms with E-state index in [-0.39, 0.29) is 24.8 Å². The Morgan fingerprint density at radius 1 is 0.967 bits per heavy atom. The molecule has 4 N–H and O–H groups in total. The van der Waals surface area contributed by atoms with Crippen molar-refractivity contribution < 1.29 is 14.4 Å². The van der Waals surface area contributed by atoms with Gasteiger partial charge in [0.25, 0.3) is 5.91 Å². The van der Waals surface area contributed by atoms with E-state index in [0.29, 0.717) is 22.1 Å². The molecule has 0 saturated heterocycles. The zero-order valence-electron chi connectivity index (χ0n) is 16.3. The molecule has 4 amide bonds. The molecule has 154 valence electrons. The number of pyridine rings is 1. The largest absolute Gasteiger partial charge is 0.337 e. The lowest BCUT2D eigenvalue weighted by Crippen LogP contribution is -2.31. The van der Waals surface area contributed by atoms with E-state index < -0.39 is 6.03 Å². The molecule has 0 unspecified atom stereocenters. The number of carbonyl (C=O) groups excluding carboxylic acids is 3. The summed E-state index contributed by atoms with van der Waals surface area (Å²) in [4.78, 5) is 40.8. The Morgan fingerprint density at radius 2 is 1.77 bits per heavy atom. The summed E-state index contributed by atoms with van der Waals surface area (Å²) in [5.74, 6) is 0.0158. The predicted molar refractivity (Wildman–Crippen MR) is 118 cm³/mol. The number of amides is 4. The van der Waals surface area contributed by atoms with Crippen molar-refractivity contribution in [2.45, 2.75) is 13.3 Å². The maximum absolute atomic E-state index is 12.1. The maximum Gasteiger partial charge on any atom is 0.319 e. The molecule has 0 atom stereocenters. The molecule has 0 aliphatic rings. The van der Waals surface area contributed by atoms with Crippen LogP contribution in [-0.4, -0.2) is 29.4 Å². The van der Waals surface area contributed by atoms with E-state index in [2.05, 4.69) is 26.3 Å². The summed E-state index contributed by atoms with van der Waals surface area (Å²) >= 11 is 1.35. The highest BCUT2D eigenvalue weighted by atomic mass is 32.1. The van der Waals surface area contributed by atoms with Crippen LogP contribution in [0.4, 0.5) is 22.0 Å². The second kappa shape index (κ2) is 10.2. The molecule has 0 aliphatic carbocycles. The molecular weight excluding hydrogens is 402 g/mol. The van der Waals surface area contributed by atoms with Gasteiger partial charge in [-0.2, -0.15) is 0 Å². The third-order valence-corrected chi connectivity index (χ3v) is 4.81. The number of aromatic nitrogens is 1. The molecule has 0 spiro atoms. The minimum Gasteiger partial charge on any atom is -0.337 e. The molecule has 0 bridgehead atoms. The quantitative estimate of drug-likeness (QED) is 0.462. The van der Waals surface area contributed by atoms with E-state index in [1.165, 1.54) is 11.3 Å². The van der Waals surface area contributed by atoms with Crippen molar-refractivity contribution >= 4 is 46.4 Å². The van der Waals surface area contributed by atoms with Crippen LogP contribution >= 0.6 is 11.3 Å². The van der Waals surface area contributed by atoms with E-state index in [0.717, 1.165) is 5.56 Å². The van der Waals surface area contributed by atoms with Gasteiger partial charge in [0.2, 0.25) is 5.91 Å². The van der Waals surface area contributed by atoms with Crippen molar-refractivity contribution in [1.29, 1.82) is 0 Å². The molecule has 2 heterocycles. The van der Waals surface area contributed by atoms with Gasteiger partial charge in [-0.25, -0.2) is 9.78 Å². The van der Waals surface area contributed by atoms with E-state index >= 15 is 0 Å². The summed E-state index contributed by atoms with van der Waals surface area (Å²) in [7, 11) is 0. The minimum absolute atomic E-state index is 0.111. The Balaban J connectivity index is 1.42. The first kappa shape index (κ1) is 21.0. The molecule has 3 aromatic rings. The van der Waals surface area contributed by atoms with E-state index in [9.17, 15) is 14.4 Å². The summed E-state index contributed by atoms with van der Waals surface area (Å²) in [5, 5.41) is 12.6. The second-order valence-corrected chi connectivity index (χ2v) is 7.36. The number of urea groups is 1. The number of anilines is 3. The number of aryl methyl sites for hydroxylation is 1. The van der Waals surface area contributed by atoms with Gasteiger partial charge in [0.05, 0.1) is 4.88 Å². The number of nitrogens with one attached hydrogen (secondary N) is 4. The third-order valence-electron chi connectivity index (χ3n) is 3.94. The van der Waals surface area contributed by atoms with Crippen LogP contribution in [0.3, 0.4) is 0 Å². The summed E-state index contributed by atoms with van der Waals surface area (Å²) in [6.45, 7) is 2.08. The van der Waals surface area contributed by atoms with Crippen LogP contribution in [-0.2, 0) is 4.79 Å². The summed E-state index contributed by atoms with van der Waals surface area (Å²) in [6.07, 6.45) is 1.78. The fourth-order valence-corrected chi connectivity index (χ4v) is 3.11. The first-order valence-electron chi connectivity index (χ1n) is 9.22. The number of carbonyl (C=O) groups is 3. The topological polar surface area (TPSA) is 112 Å². The smallest absolute Gasteiger partial charge is 0.319 e. The number of hydrogen-bond acceptors (Lipinski definition) is 5. The van der Waals surface area contributed by atoms with E-state index in [1.807, 2.05) is 18.4 Å². The Morgan fingerprint density at radius 3 is 2.47 bits per heavy atom. The molecule has 0 aliphatic heterocycles. The SMILES string of the molecule is Cc1ccc(NC(=O)CCNC(=O)Nc2cccc(NC(=O)c3cccs3)c2)nc1. The highest BCUT2D eigenvalue weighted by Gasteiger charge is 2.09. The molecule has 0 saturated carbocycles. The molecule has 0 fully saturated rings. The van der Waals surface area contributed by atoms with Gasteiger partial charge in [-0.1, -0.05) is 18.2 Å². The highest BCUT2D eigenvalue weighted by molar-refractivity contribution is 7.12. The molecule has 8 nitrogen and oxygen atoms in total. The summed E-state index contributed by atoms with van der Waals surface area (Å²) < 4.78 is 0. The normalized spacial score (nSPS) is 10.2. The van der Waals surface area contributed by atoms with Crippen molar-refractivity contribution in [2.75, 3.05) is 22.5 Å². The van der Waals surface area contributed by atoms with Crippen LogP contribution in [0.5, 0.6) is 0 Å². The van der Waals surface area contributed by atoms with Crippen molar-refractivity contribution in [1.82, 2.24) is 10.3 Å². The average Bonchev–Trinajstić information content (AvgIpc) is 3.25. The lowest BCUT2D eigenvalue weighted by atomic mass is 10.2. The van der Waals surface area contributed by atoms with Crippen LogP contribution < -0.4 is 21.3 Å². The van der Waals surface area contributed by atoms with Crippen molar-refractivity contribution in [3.63, 3.8) is 0 Å². The Labute approximate surface area is 177 Å². The molecule has 30 heavy (non-hydrogen) atoms. The fraction of sp³-hybridized carbons (Fsp3) is 0.143. The minimum atomic E-state index is -0.446. The molecular formula is C21H21N5O3S. The predicted octanol–water partition coefficient (Wildman–Crippen LogP) is 3.85. The van der Waals surface area contributed by atoms with Gasteiger partial charge >= 0.3 is 6.03 Å². The fourth-order valence-electron chi connectivity index (χ4n) is 2.49. The van der Waals surface area contributed by atoms with Gasteiger partial charge in [0, 0.05) is 30.5 Å². The van der Waals surface area contributed by atoms with Crippen molar-refractivity contribution in [3.8, 4) is 0 Å². The van der Waals surface area contributed by atoms with Gasteiger partial charge in [0.1, 0.15) is 5.82 Å². The monoisotopic (exact) mass is 423 g/mol. The number of hydrogen-bond donors (Lipinski definition) is 4. The van der Waals surface area contributed by atoms with Crippen LogP contribution in [0.2, 0.25) is 0 Å². The first-order valence-corrected chi connectivity index (χ1v) is 10.1. The standard InChI is InChI=1S/C21H21N5O3S/c1-14-7-8-18(23-13-14)26-19(27)9-10-22-21(29)25-16-5-2-4-15(12-16)24-20(28)17-6-3-11-30-17/h2-8,11-13H,9-10H2,1H3,(H,24,28)(H2,22,25,29)(H,23,26,27). The van der Waals surface area contributed by atoms with Crippen LogP contribution in [0.15, 0.2) is 60.1 Å². The van der Waals surface area contributed by atoms with Crippen LogP contribution in [0, 0.1) is 6.92 Å². The molecule has 1 aromatic carbocycles. The molecule has 0 radical (unpaired) electrons. The van der Waals surface area contributed by atoms with E-state index in [4.69, 9.17) is 0 Å². The van der Waals surface area contributed by atoms with Gasteiger partial charge < -0.3 is 21.3 Å².